The first-order chi connectivity index (χ1) is 12.9. The number of terminal acetylenes is 1. The van der Waals surface area contributed by atoms with Crippen molar-refractivity contribution in [2.45, 2.75) is 18.9 Å². The topological polar surface area (TPSA) is 125 Å². The van der Waals surface area contributed by atoms with Gasteiger partial charge in [-0.1, -0.05) is 12.0 Å². The standard InChI is InChI=1S/C18H16N4O5/c1-2-8-19-14(24)9-20-11-5-3-4-10-15(11)18(27)22(17(10)26)12-6-7-13(23)21-16(12)25/h1,3-5,12,20H,6-9H2,(H,19,24)(H,21,23,25). The second kappa shape index (κ2) is 7.29. The minimum absolute atomic E-state index is 0.0459. The summed E-state index contributed by atoms with van der Waals surface area (Å²) in [4.78, 5) is 61.5. The Morgan fingerprint density at radius 2 is 2.04 bits per heavy atom. The molecule has 0 bridgehead atoms. The van der Waals surface area contributed by atoms with Gasteiger partial charge in [0, 0.05) is 12.1 Å². The quantitative estimate of drug-likeness (QED) is 0.464. The van der Waals surface area contributed by atoms with Gasteiger partial charge in [-0.25, -0.2) is 0 Å². The summed E-state index contributed by atoms with van der Waals surface area (Å²) in [6.07, 6.45) is 5.19. The fourth-order valence-corrected chi connectivity index (χ4v) is 3.05. The first-order valence-electron chi connectivity index (χ1n) is 8.22. The summed E-state index contributed by atoms with van der Waals surface area (Å²) in [5, 5.41) is 7.43. The molecule has 0 aromatic heterocycles. The van der Waals surface area contributed by atoms with Crippen molar-refractivity contribution in [1.82, 2.24) is 15.5 Å². The molecule has 1 atom stereocenters. The van der Waals surface area contributed by atoms with Gasteiger partial charge < -0.3 is 10.6 Å². The first-order valence-corrected chi connectivity index (χ1v) is 8.22. The fraction of sp³-hybridized carbons (Fsp3) is 0.278. The molecule has 5 amide bonds. The van der Waals surface area contributed by atoms with E-state index in [2.05, 4.69) is 21.9 Å². The Morgan fingerprint density at radius 3 is 2.74 bits per heavy atom. The van der Waals surface area contributed by atoms with Crippen LogP contribution in [0.5, 0.6) is 0 Å². The number of nitrogens with one attached hydrogen (secondary N) is 3. The van der Waals surface area contributed by atoms with E-state index in [0.717, 1.165) is 4.90 Å². The number of carbonyl (C=O) groups is 5. The van der Waals surface area contributed by atoms with Gasteiger partial charge in [0.2, 0.25) is 17.7 Å². The number of hydrogen-bond acceptors (Lipinski definition) is 6. The number of anilines is 1. The summed E-state index contributed by atoms with van der Waals surface area (Å²) in [5.74, 6) is -0.460. The number of imide groups is 2. The Hall–Kier alpha value is -3.67. The zero-order valence-corrected chi connectivity index (χ0v) is 14.2. The normalized spacial score (nSPS) is 18.6. The van der Waals surface area contributed by atoms with Gasteiger partial charge in [-0.3, -0.25) is 34.2 Å². The maximum absolute atomic E-state index is 12.8. The van der Waals surface area contributed by atoms with Crippen LogP contribution in [-0.2, 0) is 14.4 Å². The molecule has 0 radical (unpaired) electrons. The molecule has 2 aliphatic rings. The highest BCUT2D eigenvalue weighted by molar-refractivity contribution is 6.25. The number of piperidine rings is 1. The average Bonchev–Trinajstić information content (AvgIpc) is 2.90. The third-order valence-electron chi connectivity index (χ3n) is 4.30. The van der Waals surface area contributed by atoms with Crippen molar-refractivity contribution >= 4 is 35.2 Å². The predicted molar refractivity (Wildman–Crippen MR) is 93.4 cm³/mol. The largest absolute Gasteiger partial charge is 0.375 e. The summed E-state index contributed by atoms with van der Waals surface area (Å²) in [7, 11) is 0. The summed E-state index contributed by atoms with van der Waals surface area (Å²) in [6, 6.07) is 3.57. The monoisotopic (exact) mass is 368 g/mol. The van der Waals surface area contributed by atoms with E-state index in [0.29, 0.717) is 5.69 Å². The van der Waals surface area contributed by atoms with Crippen LogP contribution in [-0.4, -0.2) is 53.6 Å². The fourth-order valence-electron chi connectivity index (χ4n) is 3.05. The number of benzene rings is 1. The van der Waals surface area contributed by atoms with Gasteiger partial charge in [-0.15, -0.1) is 6.42 Å². The van der Waals surface area contributed by atoms with Gasteiger partial charge in [-0.2, -0.15) is 0 Å². The van der Waals surface area contributed by atoms with Crippen molar-refractivity contribution in [3.05, 3.63) is 29.3 Å². The van der Waals surface area contributed by atoms with Crippen LogP contribution in [0.25, 0.3) is 0 Å². The lowest BCUT2D eigenvalue weighted by molar-refractivity contribution is -0.136. The Kier molecular flexibility index (Phi) is 4.90. The van der Waals surface area contributed by atoms with Crippen LogP contribution in [0.3, 0.4) is 0 Å². The molecule has 1 saturated heterocycles. The lowest BCUT2D eigenvalue weighted by Crippen LogP contribution is -2.54. The van der Waals surface area contributed by atoms with Crippen molar-refractivity contribution < 1.29 is 24.0 Å². The molecule has 27 heavy (non-hydrogen) atoms. The van der Waals surface area contributed by atoms with Crippen LogP contribution in [0.1, 0.15) is 33.6 Å². The van der Waals surface area contributed by atoms with Gasteiger partial charge >= 0.3 is 0 Å². The van der Waals surface area contributed by atoms with E-state index in [4.69, 9.17) is 6.42 Å². The first kappa shape index (κ1) is 18.1. The molecule has 2 heterocycles. The molecule has 1 aromatic rings. The summed E-state index contributed by atoms with van der Waals surface area (Å²) in [5.41, 5.74) is 0.534. The Bertz CT molecular complexity index is 902. The maximum Gasteiger partial charge on any atom is 0.264 e. The summed E-state index contributed by atoms with van der Waals surface area (Å²) >= 11 is 0. The Balaban J connectivity index is 1.82. The smallest absolute Gasteiger partial charge is 0.264 e. The van der Waals surface area contributed by atoms with Crippen molar-refractivity contribution in [3.8, 4) is 12.3 Å². The van der Waals surface area contributed by atoms with E-state index in [9.17, 15) is 24.0 Å². The molecule has 9 heteroatoms. The highest BCUT2D eigenvalue weighted by Crippen LogP contribution is 2.32. The SMILES string of the molecule is C#CCNC(=O)CNc1cccc2c1C(=O)N(C1CCC(=O)NC1=O)C2=O. The lowest BCUT2D eigenvalue weighted by atomic mass is 10.0. The molecule has 0 spiro atoms. The van der Waals surface area contributed by atoms with E-state index in [1.807, 2.05) is 0 Å². The maximum atomic E-state index is 12.8. The molecule has 1 unspecified atom stereocenters. The molecule has 3 N–H and O–H groups in total. The van der Waals surface area contributed by atoms with E-state index in [1.165, 1.54) is 6.07 Å². The molecule has 0 aliphatic carbocycles. The van der Waals surface area contributed by atoms with Crippen molar-refractivity contribution in [2.75, 3.05) is 18.4 Å². The van der Waals surface area contributed by atoms with E-state index in [1.54, 1.807) is 12.1 Å². The second-order valence-electron chi connectivity index (χ2n) is 6.01. The zero-order chi connectivity index (χ0) is 19.6. The number of fused-ring (bicyclic) bond motifs is 1. The highest BCUT2D eigenvalue weighted by Gasteiger charge is 2.45. The summed E-state index contributed by atoms with van der Waals surface area (Å²) in [6.45, 7) is -0.0634. The van der Waals surface area contributed by atoms with Crippen LogP contribution in [0, 0.1) is 12.3 Å². The van der Waals surface area contributed by atoms with E-state index in [-0.39, 0.29) is 43.0 Å². The van der Waals surface area contributed by atoms with Crippen LogP contribution in [0.15, 0.2) is 18.2 Å². The lowest BCUT2D eigenvalue weighted by Gasteiger charge is -2.27. The van der Waals surface area contributed by atoms with Crippen LogP contribution in [0.2, 0.25) is 0 Å². The highest BCUT2D eigenvalue weighted by atomic mass is 16.2. The zero-order valence-electron chi connectivity index (χ0n) is 14.2. The molecule has 3 rings (SSSR count). The van der Waals surface area contributed by atoms with Crippen LogP contribution >= 0.6 is 0 Å². The molecule has 1 aromatic carbocycles. The van der Waals surface area contributed by atoms with Crippen LogP contribution in [0.4, 0.5) is 5.69 Å². The Labute approximate surface area is 154 Å². The van der Waals surface area contributed by atoms with Gasteiger partial charge in [0.15, 0.2) is 0 Å². The molecule has 2 aliphatic heterocycles. The van der Waals surface area contributed by atoms with E-state index < -0.39 is 29.7 Å². The molecule has 0 saturated carbocycles. The van der Waals surface area contributed by atoms with Gasteiger partial charge in [-0.05, 0) is 18.6 Å². The number of nitrogens with zero attached hydrogens (tertiary/aromatic N) is 1. The summed E-state index contributed by atoms with van der Waals surface area (Å²) < 4.78 is 0. The minimum atomic E-state index is -1.04. The third-order valence-corrected chi connectivity index (χ3v) is 4.30. The number of rotatable bonds is 5. The molecule has 1 fully saturated rings. The van der Waals surface area contributed by atoms with E-state index >= 15 is 0 Å². The number of amides is 5. The van der Waals surface area contributed by atoms with Crippen molar-refractivity contribution in [1.29, 1.82) is 0 Å². The molecule has 9 nitrogen and oxygen atoms in total. The third kappa shape index (κ3) is 3.37. The molecular weight excluding hydrogens is 352 g/mol. The number of hydrogen-bond donors (Lipinski definition) is 3. The van der Waals surface area contributed by atoms with Crippen LogP contribution < -0.4 is 16.0 Å². The molecular formula is C18H16N4O5. The second-order valence-corrected chi connectivity index (χ2v) is 6.01. The number of carbonyl (C=O) groups excluding carboxylic acids is 5. The van der Waals surface area contributed by atoms with Gasteiger partial charge in [0.25, 0.3) is 11.8 Å². The predicted octanol–water partition coefficient (Wildman–Crippen LogP) is -0.751. The van der Waals surface area contributed by atoms with Crippen molar-refractivity contribution in [3.63, 3.8) is 0 Å². The van der Waals surface area contributed by atoms with Gasteiger partial charge in [0.1, 0.15) is 6.04 Å². The average molecular weight is 368 g/mol. The van der Waals surface area contributed by atoms with Crippen molar-refractivity contribution in [2.24, 2.45) is 0 Å². The molecule has 138 valence electrons. The van der Waals surface area contributed by atoms with Gasteiger partial charge in [0.05, 0.1) is 24.2 Å². The minimum Gasteiger partial charge on any atom is -0.375 e. The Morgan fingerprint density at radius 1 is 1.26 bits per heavy atom.